The lowest BCUT2D eigenvalue weighted by Gasteiger charge is -2.18. The lowest BCUT2D eigenvalue weighted by atomic mass is 10.1. The van der Waals surface area contributed by atoms with Gasteiger partial charge in [0.25, 0.3) is 11.8 Å². The van der Waals surface area contributed by atoms with Crippen molar-refractivity contribution in [2.45, 2.75) is 12.5 Å². The lowest BCUT2D eigenvalue weighted by Crippen LogP contribution is -2.44. The molecule has 0 unspecified atom stereocenters. The van der Waals surface area contributed by atoms with Crippen molar-refractivity contribution in [1.82, 2.24) is 5.32 Å². The number of carbonyl (C=O) groups is 3. The molecule has 2 amide bonds. The second kappa shape index (κ2) is 10.3. The van der Waals surface area contributed by atoms with Gasteiger partial charge in [-0.15, -0.1) is 0 Å². The third-order valence-corrected chi connectivity index (χ3v) is 4.91. The average molecular weight is 446 g/mol. The molecule has 8 nitrogen and oxygen atoms in total. The SMILES string of the molecule is O=C(COC(=O)[C@H](Cc1ccccc1)NC(=O)c1ccccc1)Nc1ccc2c(c1)OCO2. The molecule has 0 fully saturated rings. The highest BCUT2D eigenvalue weighted by Crippen LogP contribution is 2.34. The van der Waals surface area contributed by atoms with Crippen molar-refractivity contribution in [2.75, 3.05) is 18.7 Å². The van der Waals surface area contributed by atoms with Crippen molar-refractivity contribution in [2.24, 2.45) is 0 Å². The number of anilines is 1. The number of nitrogens with one attached hydrogen (secondary N) is 2. The number of fused-ring (bicyclic) bond motifs is 1. The molecular weight excluding hydrogens is 424 g/mol. The van der Waals surface area contributed by atoms with Crippen LogP contribution in [0.5, 0.6) is 11.5 Å². The van der Waals surface area contributed by atoms with Crippen molar-refractivity contribution >= 4 is 23.5 Å². The first-order chi connectivity index (χ1) is 16.1. The van der Waals surface area contributed by atoms with Crippen LogP contribution in [0.15, 0.2) is 78.9 Å². The molecule has 0 saturated carbocycles. The summed E-state index contributed by atoms with van der Waals surface area (Å²) in [5.74, 6) is -0.508. The topological polar surface area (TPSA) is 103 Å². The van der Waals surface area contributed by atoms with E-state index in [0.717, 1.165) is 5.56 Å². The summed E-state index contributed by atoms with van der Waals surface area (Å²) in [6.45, 7) is -0.373. The maximum atomic E-state index is 12.8. The van der Waals surface area contributed by atoms with E-state index >= 15 is 0 Å². The molecule has 0 spiro atoms. The minimum absolute atomic E-state index is 0.127. The van der Waals surface area contributed by atoms with Crippen molar-refractivity contribution in [3.63, 3.8) is 0 Å². The fourth-order valence-electron chi connectivity index (χ4n) is 3.28. The smallest absolute Gasteiger partial charge is 0.329 e. The first-order valence-corrected chi connectivity index (χ1v) is 10.3. The Bertz CT molecular complexity index is 1130. The minimum atomic E-state index is -0.960. The Morgan fingerprint density at radius 2 is 1.58 bits per heavy atom. The molecule has 4 rings (SSSR count). The third-order valence-electron chi connectivity index (χ3n) is 4.91. The summed E-state index contributed by atoms with van der Waals surface area (Å²) < 4.78 is 15.7. The number of carbonyl (C=O) groups excluding carboxylic acids is 3. The van der Waals surface area contributed by atoms with E-state index in [-0.39, 0.29) is 13.2 Å². The molecule has 1 aliphatic heterocycles. The molecule has 0 radical (unpaired) electrons. The maximum Gasteiger partial charge on any atom is 0.329 e. The van der Waals surface area contributed by atoms with E-state index in [1.165, 1.54) is 0 Å². The standard InChI is InChI=1S/C25H22N2O6/c28-23(26-19-11-12-21-22(14-19)33-16-32-21)15-31-25(30)20(13-17-7-3-1-4-8-17)27-24(29)18-9-5-2-6-10-18/h1-12,14,20H,13,15-16H2,(H,26,28)(H,27,29)/t20-/m0/s1. The highest BCUT2D eigenvalue weighted by molar-refractivity contribution is 5.97. The van der Waals surface area contributed by atoms with Gasteiger partial charge in [-0.25, -0.2) is 4.79 Å². The normalized spacial score (nSPS) is 12.5. The molecule has 33 heavy (non-hydrogen) atoms. The van der Waals surface area contributed by atoms with Crippen molar-refractivity contribution < 1.29 is 28.6 Å². The van der Waals surface area contributed by atoms with Gasteiger partial charge in [0.1, 0.15) is 6.04 Å². The first-order valence-electron chi connectivity index (χ1n) is 10.3. The molecule has 3 aromatic carbocycles. The number of amides is 2. The lowest BCUT2D eigenvalue weighted by molar-refractivity contribution is -0.149. The Balaban J connectivity index is 1.37. The third kappa shape index (κ3) is 5.88. The Kier molecular flexibility index (Phi) is 6.84. The number of hydrogen-bond donors (Lipinski definition) is 2. The predicted octanol–water partition coefficient (Wildman–Crippen LogP) is 2.94. The Labute approximate surface area is 190 Å². The van der Waals surface area contributed by atoms with Crippen LogP contribution in [0.2, 0.25) is 0 Å². The summed E-state index contributed by atoms with van der Waals surface area (Å²) in [6, 6.07) is 21.8. The molecule has 1 heterocycles. The fourth-order valence-corrected chi connectivity index (χ4v) is 3.28. The number of ether oxygens (including phenoxy) is 3. The van der Waals surface area contributed by atoms with Gasteiger partial charge < -0.3 is 24.8 Å². The van der Waals surface area contributed by atoms with Crippen LogP contribution in [0.1, 0.15) is 15.9 Å². The van der Waals surface area contributed by atoms with Crippen molar-refractivity contribution in [3.05, 3.63) is 90.0 Å². The van der Waals surface area contributed by atoms with Gasteiger partial charge in [0, 0.05) is 23.7 Å². The molecule has 3 aromatic rings. The van der Waals surface area contributed by atoms with E-state index in [4.69, 9.17) is 14.2 Å². The quantitative estimate of drug-likeness (QED) is 0.516. The predicted molar refractivity (Wildman–Crippen MR) is 120 cm³/mol. The van der Waals surface area contributed by atoms with Crippen LogP contribution in [0.3, 0.4) is 0 Å². The van der Waals surface area contributed by atoms with Gasteiger partial charge in [0.2, 0.25) is 6.79 Å². The summed E-state index contributed by atoms with van der Waals surface area (Å²) in [7, 11) is 0. The number of esters is 1. The largest absolute Gasteiger partial charge is 0.454 e. The molecule has 0 saturated heterocycles. The van der Waals surface area contributed by atoms with Crippen LogP contribution in [0, 0.1) is 0 Å². The Hall–Kier alpha value is -4.33. The molecule has 168 valence electrons. The van der Waals surface area contributed by atoms with E-state index in [1.807, 2.05) is 30.3 Å². The van der Waals surface area contributed by atoms with Crippen LogP contribution in [-0.2, 0) is 20.7 Å². The Morgan fingerprint density at radius 1 is 0.879 bits per heavy atom. The number of benzene rings is 3. The second-order valence-corrected chi connectivity index (χ2v) is 7.31. The zero-order chi connectivity index (χ0) is 23.0. The van der Waals surface area contributed by atoms with Gasteiger partial charge >= 0.3 is 5.97 Å². The van der Waals surface area contributed by atoms with Gasteiger partial charge in [-0.2, -0.15) is 0 Å². The van der Waals surface area contributed by atoms with E-state index in [2.05, 4.69) is 10.6 Å². The first kappa shape index (κ1) is 21.9. The molecule has 1 atom stereocenters. The van der Waals surface area contributed by atoms with E-state index < -0.39 is 30.4 Å². The zero-order valence-corrected chi connectivity index (χ0v) is 17.7. The van der Waals surface area contributed by atoms with E-state index in [1.54, 1.807) is 48.5 Å². The van der Waals surface area contributed by atoms with Crippen molar-refractivity contribution in [3.8, 4) is 11.5 Å². The van der Waals surface area contributed by atoms with Gasteiger partial charge in [0.05, 0.1) is 0 Å². The molecule has 8 heteroatoms. The van der Waals surface area contributed by atoms with E-state index in [0.29, 0.717) is 22.7 Å². The van der Waals surface area contributed by atoms with Crippen molar-refractivity contribution in [1.29, 1.82) is 0 Å². The van der Waals surface area contributed by atoms with Crippen LogP contribution in [-0.4, -0.2) is 37.2 Å². The number of hydrogen-bond acceptors (Lipinski definition) is 6. The average Bonchev–Trinajstić information content (AvgIpc) is 3.31. The fraction of sp³-hybridized carbons (Fsp3) is 0.160. The molecule has 0 aliphatic carbocycles. The van der Waals surface area contributed by atoms with E-state index in [9.17, 15) is 14.4 Å². The molecule has 0 bridgehead atoms. The summed E-state index contributed by atoms with van der Waals surface area (Å²) >= 11 is 0. The summed E-state index contributed by atoms with van der Waals surface area (Å²) in [6.07, 6.45) is 0.224. The zero-order valence-electron chi connectivity index (χ0n) is 17.7. The molecule has 2 N–H and O–H groups in total. The van der Waals surface area contributed by atoms with Crippen LogP contribution in [0.4, 0.5) is 5.69 Å². The summed E-state index contributed by atoms with van der Waals surface area (Å²) in [5, 5.41) is 5.35. The van der Waals surface area contributed by atoms with Gasteiger partial charge in [-0.1, -0.05) is 48.5 Å². The highest BCUT2D eigenvalue weighted by atomic mass is 16.7. The molecular formula is C25H22N2O6. The minimum Gasteiger partial charge on any atom is -0.454 e. The summed E-state index contributed by atoms with van der Waals surface area (Å²) in [4.78, 5) is 37.7. The van der Waals surface area contributed by atoms with Crippen LogP contribution in [0.25, 0.3) is 0 Å². The number of rotatable bonds is 8. The highest BCUT2D eigenvalue weighted by Gasteiger charge is 2.24. The molecule has 0 aromatic heterocycles. The summed E-state index contributed by atoms with van der Waals surface area (Å²) in [5.41, 5.74) is 1.75. The second-order valence-electron chi connectivity index (χ2n) is 7.31. The van der Waals surface area contributed by atoms with Crippen LogP contribution >= 0.6 is 0 Å². The monoisotopic (exact) mass is 446 g/mol. The van der Waals surface area contributed by atoms with Gasteiger partial charge in [-0.05, 0) is 29.8 Å². The van der Waals surface area contributed by atoms with Gasteiger partial charge in [-0.3, -0.25) is 9.59 Å². The maximum absolute atomic E-state index is 12.8. The Morgan fingerprint density at radius 3 is 2.33 bits per heavy atom. The van der Waals surface area contributed by atoms with Crippen LogP contribution < -0.4 is 20.1 Å². The molecule has 1 aliphatic rings. The van der Waals surface area contributed by atoms with Gasteiger partial charge in [0.15, 0.2) is 18.1 Å².